The molecule has 0 radical (unpaired) electrons. The molecule has 1 saturated heterocycles. The van der Waals surface area contributed by atoms with E-state index in [0.717, 1.165) is 11.1 Å². The molecule has 156 valence electrons. The summed E-state index contributed by atoms with van der Waals surface area (Å²) < 4.78 is 32.0. The molecule has 1 aromatic rings. The van der Waals surface area contributed by atoms with Crippen LogP contribution >= 0.6 is 11.6 Å². The number of amidine groups is 1. The Hall–Kier alpha value is -2.57. The van der Waals surface area contributed by atoms with E-state index in [4.69, 9.17) is 36.5 Å². The topological polar surface area (TPSA) is 66.1 Å². The number of hydrogen-bond acceptors (Lipinski definition) is 5. The molecule has 30 heavy (non-hydrogen) atoms. The number of fused-ring (bicyclic) bond motifs is 3. The minimum atomic E-state index is -0.755. The molecule has 0 bridgehead atoms. The summed E-state index contributed by atoms with van der Waals surface area (Å²) in [4.78, 5) is 4.79. The molecule has 3 aliphatic heterocycles. The number of benzene rings is 1. The van der Waals surface area contributed by atoms with Gasteiger partial charge in [-0.15, -0.1) is 0 Å². The molecule has 1 fully saturated rings. The summed E-state index contributed by atoms with van der Waals surface area (Å²) in [6.45, 7) is 5.35. The van der Waals surface area contributed by atoms with Gasteiger partial charge in [0, 0.05) is 16.2 Å². The van der Waals surface area contributed by atoms with Crippen molar-refractivity contribution in [2.24, 2.45) is 16.1 Å². The average Bonchev–Trinajstić information content (AvgIpc) is 3.02. The van der Waals surface area contributed by atoms with E-state index < -0.39 is 16.6 Å². The molecule has 1 aliphatic carbocycles. The van der Waals surface area contributed by atoms with Crippen LogP contribution in [0.25, 0.3) is 5.57 Å². The molecule has 0 amide bonds. The Labute approximate surface area is 179 Å². The first-order valence-electron chi connectivity index (χ1n) is 9.80. The van der Waals surface area contributed by atoms with Crippen molar-refractivity contribution < 1.29 is 18.6 Å². The molecule has 2 N–H and O–H groups in total. The summed E-state index contributed by atoms with van der Waals surface area (Å²) in [6, 6.07) is 5.86. The fourth-order valence-electron chi connectivity index (χ4n) is 4.80. The van der Waals surface area contributed by atoms with Crippen LogP contribution < -0.4 is 10.5 Å². The largest absolute Gasteiger partial charge is 0.487 e. The van der Waals surface area contributed by atoms with Gasteiger partial charge < -0.3 is 19.9 Å². The lowest BCUT2D eigenvalue weighted by molar-refractivity contribution is -0.247. The summed E-state index contributed by atoms with van der Waals surface area (Å²) in [7, 11) is 0. The Kier molecular flexibility index (Phi) is 4.18. The lowest BCUT2D eigenvalue weighted by Crippen LogP contribution is -2.71. The molecule has 5 nitrogen and oxygen atoms in total. The fourth-order valence-corrected chi connectivity index (χ4v) is 5.03. The van der Waals surface area contributed by atoms with Crippen molar-refractivity contribution in [3.63, 3.8) is 0 Å². The zero-order valence-corrected chi connectivity index (χ0v) is 17.5. The highest BCUT2D eigenvalue weighted by atomic mass is 35.5. The molecule has 1 unspecified atom stereocenters. The third kappa shape index (κ3) is 2.53. The molecular formula is C23H22ClFN2O3. The molecule has 1 atom stereocenters. The number of aliphatic imine (C=N–C) groups is 1. The predicted molar refractivity (Wildman–Crippen MR) is 114 cm³/mol. The summed E-state index contributed by atoms with van der Waals surface area (Å²) in [5.41, 5.74) is 6.42. The van der Waals surface area contributed by atoms with Gasteiger partial charge in [0.2, 0.25) is 0 Å². The smallest absolute Gasteiger partial charge is 0.283 e. The summed E-state index contributed by atoms with van der Waals surface area (Å²) in [6.07, 6.45) is 7.87. The van der Waals surface area contributed by atoms with Crippen LogP contribution in [-0.4, -0.2) is 31.4 Å². The van der Waals surface area contributed by atoms with Gasteiger partial charge in [0.15, 0.2) is 0 Å². The van der Waals surface area contributed by atoms with Gasteiger partial charge in [0.25, 0.3) is 6.02 Å². The maximum Gasteiger partial charge on any atom is 0.283 e. The molecular weight excluding hydrogens is 407 g/mol. The number of hydrogen-bond donors (Lipinski definition) is 1. The van der Waals surface area contributed by atoms with Crippen LogP contribution in [0.2, 0.25) is 0 Å². The Balaban J connectivity index is 1.73. The number of nitrogens with zero attached hydrogens (tertiary/aromatic N) is 1. The van der Waals surface area contributed by atoms with Crippen LogP contribution in [0.4, 0.5) is 4.39 Å². The molecule has 5 rings (SSSR count). The zero-order chi connectivity index (χ0) is 21.1. The van der Waals surface area contributed by atoms with Gasteiger partial charge in [0.05, 0.1) is 18.6 Å². The Morgan fingerprint density at radius 3 is 2.57 bits per heavy atom. The van der Waals surface area contributed by atoms with Crippen molar-refractivity contribution in [3.05, 3.63) is 70.6 Å². The van der Waals surface area contributed by atoms with Crippen LogP contribution in [0, 0.1) is 5.41 Å². The van der Waals surface area contributed by atoms with Crippen molar-refractivity contribution in [2.45, 2.75) is 25.0 Å². The Bertz CT molecular complexity index is 1080. The minimum Gasteiger partial charge on any atom is -0.487 e. The van der Waals surface area contributed by atoms with E-state index in [1.54, 1.807) is 18.2 Å². The first-order valence-corrected chi connectivity index (χ1v) is 10.2. The summed E-state index contributed by atoms with van der Waals surface area (Å²) in [5.74, 6) is 0.318. The highest BCUT2D eigenvalue weighted by Crippen LogP contribution is 2.62. The first kappa shape index (κ1) is 19.4. The molecule has 2 spiro atoms. The van der Waals surface area contributed by atoms with Gasteiger partial charge in [0.1, 0.15) is 29.3 Å². The maximum absolute atomic E-state index is 14.3. The fraction of sp³-hybridized carbons (Fsp3) is 0.348. The van der Waals surface area contributed by atoms with Crippen molar-refractivity contribution >= 4 is 23.2 Å². The van der Waals surface area contributed by atoms with Crippen LogP contribution in [-0.2, 0) is 15.0 Å². The highest BCUT2D eigenvalue weighted by molar-refractivity contribution is 6.35. The van der Waals surface area contributed by atoms with Gasteiger partial charge in [-0.1, -0.05) is 29.8 Å². The standard InChI is InChI=1S/C23H22ClFN2O3/c1-21(2)22(11-28-12-22)23(13-29-20(26)27-23)17-9-14(7-8-19(17)30-21)16-10-15(25)5-3-4-6-18(16)24/h3-10H,11-13H2,1-2H3,(H2,26,27)/b4-3?,5-3+,6-4+,15-5?,15-10+,16-10?,18-6?,18-16-. The highest BCUT2D eigenvalue weighted by Gasteiger charge is 2.71. The van der Waals surface area contributed by atoms with Crippen LogP contribution in [0.5, 0.6) is 5.75 Å². The van der Waals surface area contributed by atoms with Crippen LogP contribution in [0.1, 0.15) is 25.0 Å². The van der Waals surface area contributed by atoms with Crippen molar-refractivity contribution in [1.82, 2.24) is 0 Å². The first-order chi connectivity index (χ1) is 14.3. The second-order valence-corrected chi connectivity index (χ2v) is 8.91. The third-order valence-corrected chi connectivity index (χ3v) is 6.95. The van der Waals surface area contributed by atoms with E-state index in [-0.39, 0.29) is 11.8 Å². The van der Waals surface area contributed by atoms with Gasteiger partial charge >= 0.3 is 0 Å². The van der Waals surface area contributed by atoms with E-state index in [1.165, 1.54) is 12.2 Å². The second-order valence-electron chi connectivity index (χ2n) is 8.51. The number of halogens is 2. The summed E-state index contributed by atoms with van der Waals surface area (Å²) in [5, 5.41) is 0.438. The van der Waals surface area contributed by atoms with E-state index in [2.05, 4.69) is 0 Å². The van der Waals surface area contributed by atoms with Gasteiger partial charge in [-0.2, -0.15) is 0 Å². The van der Waals surface area contributed by atoms with E-state index in [0.29, 0.717) is 36.2 Å². The van der Waals surface area contributed by atoms with Crippen molar-refractivity contribution in [3.8, 4) is 5.75 Å². The lowest BCUT2D eigenvalue weighted by Gasteiger charge is -2.61. The molecule has 0 saturated carbocycles. The minimum absolute atomic E-state index is 0.151. The zero-order valence-electron chi connectivity index (χ0n) is 16.7. The number of ether oxygens (including phenoxy) is 3. The monoisotopic (exact) mass is 428 g/mol. The molecule has 1 aromatic carbocycles. The van der Waals surface area contributed by atoms with Gasteiger partial charge in [-0.25, -0.2) is 9.38 Å². The molecule has 3 heterocycles. The average molecular weight is 429 g/mol. The van der Waals surface area contributed by atoms with E-state index in [9.17, 15) is 4.39 Å². The molecule has 7 heteroatoms. The number of rotatable bonds is 1. The Morgan fingerprint density at radius 2 is 1.90 bits per heavy atom. The van der Waals surface area contributed by atoms with Gasteiger partial charge in [-0.3, -0.25) is 0 Å². The quantitative estimate of drug-likeness (QED) is 0.722. The predicted octanol–water partition coefficient (Wildman–Crippen LogP) is 4.34. The molecule has 4 aliphatic rings. The maximum atomic E-state index is 14.3. The van der Waals surface area contributed by atoms with Crippen molar-refractivity contribution in [2.75, 3.05) is 19.8 Å². The van der Waals surface area contributed by atoms with Crippen molar-refractivity contribution in [1.29, 1.82) is 0 Å². The molecule has 0 aromatic heterocycles. The van der Waals surface area contributed by atoms with E-state index >= 15 is 0 Å². The van der Waals surface area contributed by atoms with E-state index in [1.807, 2.05) is 32.0 Å². The third-order valence-electron chi connectivity index (χ3n) is 6.62. The van der Waals surface area contributed by atoms with Crippen LogP contribution in [0.3, 0.4) is 0 Å². The summed E-state index contributed by atoms with van der Waals surface area (Å²) >= 11 is 6.48. The second kappa shape index (κ2) is 6.46. The number of allylic oxidation sites excluding steroid dienone is 8. The normalized spacial score (nSPS) is 34.4. The number of nitrogens with two attached hydrogens (primary N) is 1. The van der Waals surface area contributed by atoms with Crippen LogP contribution in [0.15, 0.2) is 64.4 Å². The Morgan fingerprint density at radius 1 is 1.13 bits per heavy atom. The van der Waals surface area contributed by atoms with Gasteiger partial charge in [-0.05, 0) is 49.8 Å². The lowest BCUT2D eigenvalue weighted by atomic mass is 9.55. The SMILES string of the molecule is CC1(C)Oc2ccc(C3=C(Cl)/C=C/C=C/C(F)=C\3)cc2C2(COC(N)=N2)C12COC2.